The SMILES string of the molecule is COc1c(N2CCC/C(=C(\F)CCC(=O)[C@H](CC(=O)OC(C)(C)C)NC(=O)OC(C)(C)C)C2)c(F)cc2c(=O)c(C(=O)O)cn(C3CC3)c12. The number of alkyl carbamates (subject to hydrolysis) is 1. The summed E-state index contributed by atoms with van der Waals surface area (Å²) in [6, 6.07) is -0.382. The highest BCUT2D eigenvalue weighted by Crippen LogP contribution is 2.44. The number of benzene rings is 1. The van der Waals surface area contributed by atoms with Crippen LogP contribution in [0.2, 0.25) is 0 Å². The molecule has 1 aliphatic carbocycles. The van der Waals surface area contributed by atoms with Crippen molar-refractivity contribution in [3.05, 3.63) is 45.3 Å². The Kier molecular flexibility index (Phi) is 11.1. The number of nitrogens with one attached hydrogen (secondary N) is 1. The van der Waals surface area contributed by atoms with Crippen molar-refractivity contribution in [2.45, 2.75) is 110 Å². The maximum atomic E-state index is 15.8. The number of hydrogen-bond acceptors (Lipinski definition) is 9. The number of carboxylic acid groups (broad SMARTS) is 1. The molecule has 2 fully saturated rings. The fourth-order valence-electron chi connectivity index (χ4n) is 5.84. The molecule has 1 saturated heterocycles. The molecule has 0 radical (unpaired) electrons. The summed E-state index contributed by atoms with van der Waals surface area (Å²) in [5.41, 5.74) is -2.36. The van der Waals surface area contributed by atoms with Gasteiger partial charge in [0.05, 0.1) is 24.4 Å². The van der Waals surface area contributed by atoms with Crippen molar-refractivity contribution in [1.82, 2.24) is 9.88 Å². The summed E-state index contributed by atoms with van der Waals surface area (Å²) < 4.78 is 49.5. The Morgan fingerprint density at radius 3 is 2.29 bits per heavy atom. The minimum Gasteiger partial charge on any atom is -0.492 e. The molecule has 268 valence electrons. The van der Waals surface area contributed by atoms with Crippen molar-refractivity contribution in [2.75, 3.05) is 25.1 Å². The number of rotatable bonds is 11. The molecular weight excluding hydrogens is 644 g/mol. The Hall–Kier alpha value is -4.49. The second-order valence-corrected chi connectivity index (χ2v) is 14.4. The second-order valence-electron chi connectivity index (χ2n) is 14.4. The molecular formula is C35H45F2N3O9. The van der Waals surface area contributed by atoms with Gasteiger partial charge in [0.15, 0.2) is 17.3 Å². The first-order valence-corrected chi connectivity index (χ1v) is 16.3. The Morgan fingerprint density at radius 2 is 1.71 bits per heavy atom. The highest BCUT2D eigenvalue weighted by atomic mass is 19.1. The van der Waals surface area contributed by atoms with Crippen LogP contribution in [0.15, 0.2) is 28.5 Å². The molecule has 1 aliphatic heterocycles. The van der Waals surface area contributed by atoms with Crippen molar-refractivity contribution >= 4 is 40.4 Å². The minimum atomic E-state index is -1.42. The number of fused-ring (bicyclic) bond motifs is 1. The van der Waals surface area contributed by atoms with Gasteiger partial charge in [-0.3, -0.25) is 14.4 Å². The van der Waals surface area contributed by atoms with E-state index in [1.165, 1.54) is 13.3 Å². The maximum Gasteiger partial charge on any atom is 0.408 e. The van der Waals surface area contributed by atoms with Crippen LogP contribution in [0.4, 0.5) is 19.3 Å². The fraction of sp³-hybridized carbons (Fsp3) is 0.571. The van der Waals surface area contributed by atoms with E-state index < -0.39 is 70.1 Å². The van der Waals surface area contributed by atoms with Crippen molar-refractivity contribution in [1.29, 1.82) is 0 Å². The number of allylic oxidation sites excluding steroid dienone is 1. The summed E-state index contributed by atoms with van der Waals surface area (Å²) in [7, 11) is 1.33. The number of aromatic nitrogens is 1. The van der Waals surface area contributed by atoms with E-state index in [-0.39, 0.29) is 47.8 Å². The second kappa shape index (κ2) is 14.6. The lowest BCUT2D eigenvalue weighted by Crippen LogP contribution is -2.45. The molecule has 49 heavy (non-hydrogen) atoms. The number of pyridine rings is 1. The number of anilines is 1. The van der Waals surface area contributed by atoms with E-state index in [9.17, 15) is 29.1 Å². The van der Waals surface area contributed by atoms with Crippen LogP contribution in [0, 0.1) is 5.82 Å². The fourth-order valence-corrected chi connectivity index (χ4v) is 5.84. The standard InChI is InChI=1S/C35H45F2N3O9/c1-34(2,3)48-27(42)16-25(38-33(46)49-35(4,5)6)26(41)13-12-23(36)19-9-8-14-39(17-19)29-24(37)15-21-28(31(29)47-7)40(20-10-11-20)18-22(30(21)43)32(44)45/h15,18,20,25H,8-14,16-17H2,1-7H3,(H,38,46)(H,44,45)/b23-19+/t25-/m0/s1. The number of methoxy groups -OCH3 is 1. The number of amides is 1. The molecule has 14 heteroatoms. The molecule has 12 nitrogen and oxygen atoms in total. The molecule has 2 heterocycles. The highest BCUT2D eigenvalue weighted by molar-refractivity contribution is 5.97. The van der Waals surface area contributed by atoms with Gasteiger partial charge in [-0.25, -0.2) is 18.4 Å². The van der Waals surface area contributed by atoms with Crippen LogP contribution in [0.3, 0.4) is 0 Å². The molecule has 0 bridgehead atoms. The Bertz CT molecular complexity index is 1700. The Balaban J connectivity index is 1.58. The molecule has 2 aromatic rings. The monoisotopic (exact) mass is 689 g/mol. The smallest absolute Gasteiger partial charge is 0.408 e. The first-order chi connectivity index (χ1) is 22.8. The van der Waals surface area contributed by atoms with E-state index >= 15 is 8.78 Å². The molecule has 0 unspecified atom stereocenters. The number of esters is 1. The number of carbonyl (C=O) groups excluding carboxylic acids is 3. The van der Waals surface area contributed by atoms with Crippen LogP contribution in [-0.2, 0) is 19.1 Å². The van der Waals surface area contributed by atoms with Gasteiger partial charge < -0.3 is 34.1 Å². The van der Waals surface area contributed by atoms with Crippen LogP contribution in [0.5, 0.6) is 5.75 Å². The number of carbonyl (C=O) groups is 4. The lowest BCUT2D eigenvalue weighted by atomic mass is 9.98. The number of ether oxygens (including phenoxy) is 3. The maximum absolute atomic E-state index is 15.8. The van der Waals surface area contributed by atoms with Gasteiger partial charge in [-0.05, 0) is 78.9 Å². The van der Waals surface area contributed by atoms with Crippen LogP contribution < -0.4 is 20.4 Å². The molecule has 2 N–H and O–H groups in total. The number of aromatic carboxylic acids is 1. The molecule has 1 saturated carbocycles. The molecule has 0 spiro atoms. The van der Waals surface area contributed by atoms with Gasteiger partial charge in [-0.2, -0.15) is 0 Å². The number of carboxylic acids is 1. The van der Waals surface area contributed by atoms with E-state index in [0.717, 1.165) is 18.9 Å². The summed E-state index contributed by atoms with van der Waals surface area (Å²) in [5, 5.41) is 11.9. The van der Waals surface area contributed by atoms with Gasteiger partial charge in [0.25, 0.3) is 0 Å². The Morgan fingerprint density at radius 1 is 1.06 bits per heavy atom. The molecule has 1 aromatic heterocycles. The van der Waals surface area contributed by atoms with Crippen LogP contribution in [-0.4, -0.2) is 70.9 Å². The molecule has 1 amide bonds. The molecule has 4 rings (SSSR count). The average Bonchev–Trinajstić information content (AvgIpc) is 3.82. The predicted molar refractivity (Wildman–Crippen MR) is 177 cm³/mol. The average molecular weight is 690 g/mol. The van der Waals surface area contributed by atoms with E-state index in [1.807, 2.05) is 0 Å². The van der Waals surface area contributed by atoms with Crippen molar-refractivity contribution < 1.29 is 47.3 Å². The van der Waals surface area contributed by atoms with E-state index in [0.29, 0.717) is 25.0 Å². The summed E-state index contributed by atoms with van der Waals surface area (Å²) in [4.78, 5) is 64.7. The zero-order valence-corrected chi connectivity index (χ0v) is 29.0. The lowest BCUT2D eigenvalue weighted by molar-refractivity contribution is -0.156. The van der Waals surface area contributed by atoms with Crippen molar-refractivity contribution in [3.63, 3.8) is 0 Å². The van der Waals surface area contributed by atoms with Crippen molar-refractivity contribution in [2.24, 2.45) is 0 Å². The number of piperidine rings is 1. The minimum absolute atomic E-state index is 0.0203. The quantitative estimate of drug-likeness (QED) is 0.270. The third kappa shape index (κ3) is 9.36. The predicted octanol–water partition coefficient (Wildman–Crippen LogP) is 5.98. The van der Waals surface area contributed by atoms with Gasteiger partial charge >= 0.3 is 18.0 Å². The molecule has 1 aromatic carbocycles. The zero-order valence-electron chi connectivity index (χ0n) is 29.0. The van der Waals surface area contributed by atoms with Gasteiger partial charge in [0, 0.05) is 38.2 Å². The van der Waals surface area contributed by atoms with Crippen LogP contribution in [0.25, 0.3) is 10.9 Å². The summed E-state index contributed by atoms with van der Waals surface area (Å²) >= 11 is 0. The van der Waals surface area contributed by atoms with Crippen LogP contribution >= 0.6 is 0 Å². The summed E-state index contributed by atoms with van der Waals surface area (Å²) in [5.74, 6) is -4.08. The normalized spacial score (nSPS) is 17.0. The number of nitrogens with zero attached hydrogens (tertiary/aromatic N) is 2. The highest BCUT2D eigenvalue weighted by Gasteiger charge is 2.33. The van der Waals surface area contributed by atoms with E-state index in [1.54, 1.807) is 51.0 Å². The lowest BCUT2D eigenvalue weighted by Gasteiger charge is -2.33. The van der Waals surface area contributed by atoms with Gasteiger partial charge in [0.2, 0.25) is 5.43 Å². The zero-order chi connectivity index (χ0) is 36.4. The molecule has 1 atom stereocenters. The van der Waals surface area contributed by atoms with Crippen molar-refractivity contribution in [3.8, 4) is 5.75 Å². The third-order valence-electron chi connectivity index (χ3n) is 8.02. The van der Waals surface area contributed by atoms with E-state index in [4.69, 9.17) is 14.2 Å². The Labute approximate surface area is 283 Å². The van der Waals surface area contributed by atoms with Gasteiger partial charge in [-0.15, -0.1) is 0 Å². The number of hydrogen-bond donors (Lipinski definition) is 2. The summed E-state index contributed by atoms with van der Waals surface area (Å²) in [6.07, 6.45) is 1.52. The summed E-state index contributed by atoms with van der Waals surface area (Å²) in [6.45, 7) is 10.2. The number of halogens is 2. The van der Waals surface area contributed by atoms with Gasteiger partial charge in [-0.1, -0.05) is 0 Å². The topological polar surface area (TPSA) is 153 Å². The first-order valence-electron chi connectivity index (χ1n) is 16.3. The van der Waals surface area contributed by atoms with Gasteiger partial charge in [0.1, 0.15) is 34.3 Å². The number of Topliss-reactive ketones (excluding diaryl/α,β-unsaturated/α-hetero) is 1. The largest absolute Gasteiger partial charge is 0.492 e. The third-order valence-corrected chi connectivity index (χ3v) is 8.02. The number of ketones is 1. The molecule has 2 aliphatic rings. The van der Waals surface area contributed by atoms with E-state index in [2.05, 4.69) is 5.32 Å². The first kappa shape index (κ1) is 37.3. The van der Waals surface area contributed by atoms with Crippen LogP contribution in [0.1, 0.15) is 103 Å².